The fourth-order valence-electron chi connectivity index (χ4n) is 2.01. The topological polar surface area (TPSA) is 61.7 Å². The molecule has 2 heterocycles. The molecule has 0 unspecified atom stereocenters. The van der Waals surface area contributed by atoms with Gasteiger partial charge in [-0.05, 0) is 26.3 Å². The highest BCUT2D eigenvalue weighted by molar-refractivity contribution is 5.06. The zero-order valence-electron chi connectivity index (χ0n) is 10.4. The lowest BCUT2D eigenvalue weighted by Crippen LogP contribution is -2.10. The van der Waals surface area contributed by atoms with E-state index >= 15 is 0 Å². The van der Waals surface area contributed by atoms with Crippen molar-refractivity contribution in [2.24, 2.45) is 5.73 Å². The molecule has 5 heteroatoms. The molecule has 0 amide bonds. The third kappa shape index (κ3) is 2.74. The number of nitrogens with zero attached hydrogens (tertiary/aromatic N) is 4. The lowest BCUT2D eigenvalue weighted by atomic mass is 10.3. The summed E-state index contributed by atoms with van der Waals surface area (Å²) in [6.07, 6.45) is 4.69. The highest BCUT2D eigenvalue weighted by atomic mass is 15.3. The van der Waals surface area contributed by atoms with E-state index in [2.05, 4.69) is 27.6 Å². The van der Waals surface area contributed by atoms with Gasteiger partial charge in [0, 0.05) is 31.5 Å². The van der Waals surface area contributed by atoms with Gasteiger partial charge in [0.1, 0.15) is 0 Å². The minimum atomic E-state index is 0.542. The van der Waals surface area contributed by atoms with Crippen molar-refractivity contribution >= 4 is 0 Å². The smallest absolute Gasteiger partial charge is 0.0948 e. The van der Waals surface area contributed by atoms with E-state index in [4.69, 9.17) is 5.73 Å². The maximum atomic E-state index is 5.63. The second-order valence-corrected chi connectivity index (χ2v) is 4.29. The van der Waals surface area contributed by atoms with Gasteiger partial charge in [-0.1, -0.05) is 0 Å². The third-order valence-electron chi connectivity index (χ3n) is 2.88. The lowest BCUT2D eigenvalue weighted by Gasteiger charge is -2.07. The van der Waals surface area contributed by atoms with Crippen LogP contribution in [-0.4, -0.2) is 19.3 Å². The van der Waals surface area contributed by atoms with Gasteiger partial charge in [0.05, 0.1) is 17.7 Å². The van der Waals surface area contributed by atoms with Gasteiger partial charge >= 0.3 is 0 Å². The average Bonchev–Trinajstić information content (AvgIpc) is 2.86. The number of aromatic nitrogens is 4. The van der Waals surface area contributed by atoms with Crippen molar-refractivity contribution in [2.75, 3.05) is 0 Å². The van der Waals surface area contributed by atoms with E-state index in [0.29, 0.717) is 6.54 Å². The van der Waals surface area contributed by atoms with Crippen LogP contribution in [0.2, 0.25) is 0 Å². The highest BCUT2D eigenvalue weighted by Crippen LogP contribution is 2.05. The molecule has 0 atom stereocenters. The van der Waals surface area contributed by atoms with Crippen molar-refractivity contribution in [1.29, 1.82) is 0 Å². The number of aryl methyl sites for hydroxylation is 4. The Morgan fingerprint density at radius 2 is 2.12 bits per heavy atom. The van der Waals surface area contributed by atoms with Crippen molar-refractivity contribution in [3.05, 3.63) is 35.7 Å². The van der Waals surface area contributed by atoms with E-state index in [1.807, 2.05) is 24.1 Å². The predicted molar refractivity (Wildman–Crippen MR) is 66.4 cm³/mol. The van der Waals surface area contributed by atoms with Gasteiger partial charge in [-0.2, -0.15) is 5.10 Å². The number of imidazole rings is 1. The highest BCUT2D eigenvalue weighted by Gasteiger charge is 2.02. The van der Waals surface area contributed by atoms with E-state index in [0.717, 1.165) is 30.9 Å². The minimum Gasteiger partial charge on any atom is -0.333 e. The predicted octanol–water partition coefficient (Wildman–Crippen LogP) is 1.25. The van der Waals surface area contributed by atoms with Crippen LogP contribution in [0.5, 0.6) is 0 Å². The summed E-state index contributed by atoms with van der Waals surface area (Å²) in [5, 5.41) is 4.44. The number of rotatable bonds is 5. The van der Waals surface area contributed by atoms with Gasteiger partial charge < -0.3 is 10.3 Å². The van der Waals surface area contributed by atoms with Crippen molar-refractivity contribution in [3.63, 3.8) is 0 Å². The zero-order chi connectivity index (χ0) is 12.3. The molecule has 2 rings (SSSR count). The third-order valence-corrected chi connectivity index (χ3v) is 2.88. The maximum absolute atomic E-state index is 5.63. The summed E-state index contributed by atoms with van der Waals surface area (Å²) in [4.78, 5) is 4.10. The second-order valence-electron chi connectivity index (χ2n) is 4.29. The molecule has 92 valence electrons. The molecule has 0 aromatic carbocycles. The standard InChI is InChI=1S/C12H19N5/c1-10-6-11(2)17(15-10)5-3-4-16-9-14-8-12(16)7-13/h6,8-9H,3-5,7,13H2,1-2H3. The molecule has 0 radical (unpaired) electrons. The maximum Gasteiger partial charge on any atom is 0.0948 e. The van der Waals surface area contributed by atoms with Crippen LogP contribution in [0, 0.1) is 13.8 Å². The Balaban J connectivity index is 1.89. The molecule has 2 N–H and O–H groups in total. The molecular weight excluding hydrogens is 214 g/mol. The summed E-state index contributed by atoms with van der Waals surface area (Å²) >= 11 is 0. The first kappa shape index (κ1) is 11.9. The summed E-state index contributed by atoms with van der Waals surface area (Å²) < 4.78 is 4.15. The lowest BCUT2D eigenvalue weighted by molar-refractivity contribution is 0.509. The van der Waals surface area contributed by atoms with Crippen molar-refractivity contribution in [3.8, 4) is 0 Å². The SMILES string of the molecule is Cc1cc(C)n(CCCn2cncc2CN)n1. The molecule has 0 saturated carbocycles. The van der Waals surface area contributed by atoms with Crippen LogP contribution in [0.15, 0.2) is 18.6 Å². The summed E-state index contributed by atoms with van der Waals surface area (Å²) in [6.45, 7) is 6.51. The van der Waals surface area contributed by atoms with Crippen molar-refractivity contribution < 1.29 is 0 Å². The van der Waals surface area contributed by atoms with E-state index in [-0.39, 0.29) is 0 Å². The Bertz CT molecular complexity index is 483. The number of hydrogen-bond donors (Lipinski definition) is 1. The zero-order valence-corrected chi connectivity index (χ0v) is 10.4. The van der Waals surface area contributed by atoms with Crippen LogP contribution in [-0.2, 0) is 19.6 Å². The average molecular weight is 233 g/mol. The van der Waals surface area contributed by atoms with Gasteiger partial charge in [0.15, 0.2) is 0 Å². The first-order chi connectivity index (χ1) is 8.20. The van der Waals surface area contributed by atoms with Gasteiger partial charge in [-0.15, -0.1) is 0 Å². The molecule has 2 aromatic rings. The van der Waals surface area contributed by atoms with Crippen molar-refractivity contribution in [1.82, 2.24) is 19.3 Å². The normalized spacial score (nSPS) is 11.0. The Hall–Kier alpha value is -1.62. The molecule has 0 bridgehead atoms. The Labute approximate surface area is 101 Å². The van der Waals surface area contributed by atoms with Gasteiger partial charge in [-0.25, -0.2) is 4.98 Å². The minimum absolute atomic E-state index is 0.542. The van der Waals surface area contributed by atoms with Gasteiger partial charge in [-0.3, -0.25) is 4.68 Å². The largest absolute Gasteiger partial charge is 0.333 e. The van der Waals surface area contributed by atoms with E-state index in [1.54, 1.807) is 0 Å². The molecular formula is C12H19N5. The first-order valence-corrected chi connectivity index (χ1v) is 5.91. The Morgan fingerprint density at radius 1 is 1.29 bits per heavy atom. The summed E-state index contributed by atoms with van der Waals surface area (Å²) in [6, 6.07) is 2.10. The Morgan fingerprint density at radius 3 is 2.76 bits per heavy atom. The first-order valence-electron chi connectivity index (χ1n) is 5.91. The van der Waals surface area contributed by atoms with E-state index in [1.165, 1.54) is 5.69 Å². The molecule has 0 aliphatic rings. The quantitative estimate of drug-likeness (QED) is 0.845. The molecule has 17 heavy (non-hydrogen) atoms. The molecule has 5 nitrogen and oxygen atoms in total. The number of hydrogen-bond acceptors (Lipinski definition) is 3. The monoisotopic (exact) mass is 233 g/mol. The molecule has 2 aromatic heterocycles. The second kappa shape index (κ2) is 5.14. The molecule has 0 spiro atoms. The van der Waals surface area contributed by atoms with Gasteiger partial charge in [0.25, 0.3) is 0 Å². The Kier molecular flexibility index (Phi) is 3.58. The fraction of sp³-hybridized carbons (Fsp3) is 0.500. The van der Waals surface area contributed by atoms with Gasteiger partial charge in [0.2, 0.25) is 0 Å². The van der Waals surface area contributed by atoms with E-state index in [9.17, 15) is 0 Å². The van der Waals surface area contributed by atoms with Crippen LogP contribution in [0.4, 0.5) is 0 Å². The van der Waals surface area contributed by atoms with Crippen LogP contribution in [0.3, 0.4) is 0 Å². The molecule has 0 saturated heterocycles. The van der Waals surface area contributed by atoms with Crippen molar-refractivity contribution in [2.45, 2.75) is 39.9 Å². The van der Waals surface area contributed by atoms with Crippen LogP contribution in [0.1, 0.15) is 23.5 Å². The van der Waals surface area contributed by atoms with Crippen LogP contribution >= 0.6 is 0 Å². The van der Waals surface area contributed by atoms with E-state index < -0.39 is 0 Å². The molecule has 0 aliphatic carbocycles. The summed E-state index contributed by atoms with van der Waals surface area (Å²) in [5.41, 5.74) is 9.00. The summed E-state index contributed by atoms with van der Waals surface area (Å²) in [7, 11) is 0. The molecule has 0 fully saturated rings. The number of nitrogens with two attached hydrogens (primary N) is 1. The van der Waals surface area contributed by atoms with Crippen LogP contribution < -0.4 is 5.73 Å². The van der Waals surface area contributed by atoms with Crippen LogP contribution in [0.25, 0.3) is 0 Å². The molecule has 0 aliphatic heterocycles. The summed E-state index contributed by atoms with van der Waals surface area (Å²) in [5.74, 6) is 0. The fourth-order valence-corrected chi connectivity index (χ4v) is 2.01.